The Morgan fingerprint density at radius 3 is 2.52 bits per heavy atom. The summed E-state index contributed by atoms with van der Waals surface area (Å²) in [5.41, 5.74) is 3.61. The van der Waals surface area contributed by atoms with Gasteiger partial charge in [0.2, 0.25) is 0 Å². The van der Waals surface area contributed by atoms with Crippen molar-refractivity contribution in [1.82, 2.24) is 15.2 Å². The van der Waals surface area contributed by atoms with Crippen molar-refractivity contribution in [3.8, 4) is 0 Å². The van der Waals surface area contributed by atoms with Gasteiger partial charge in [0.05, 0.1) is 18.7 Å². The number of alkyl halides is 5. The highest BCUT2D eigenvalue weighted by Gasteiger charge is 2.37. The van der Waals surface area contributed by atoms with Crippen molar-refractivity contribution in [2.45, 2.75) is 95.9 Å². The number of hydrogen-bond acceptors (Lipinski definition) is 6. The van der Waals surface area contributed by atoms with Crippen LogP contribution in [-0.2, 0) is 20.5 Å². The maximum Gasteiger partial charge on any atom is 0.435 e. The molecule has 14 heteroatoms. The van der Waals surface area contributed by atoms with Crippen LogP contribution in [0.4, 0.5) is 27.6 Å². The van der Waals surface area contributed by atoms with Crippen LogP contribution in [0.25, 0.3) is 0 Å². The normalized spacial score (nSPS) is 19.9. The van der Waals surface area contributed by atoms with Crippen LogP contribution in [0.2, 0.25) is 0 Å². The monoisotopic (exact) mass is 602 g/mol. The highest BCUT2D eigenvalue weighted by Crippen LogP contribution is 2.36. The Morgan fingerprint density at radius 1 is 1.21 bits per heavy atom. The van der Waals surface area contributed by atoms with Crippen LogP contribution >= 0.6 is 0 Å². The fourth-order valence-electron chi connectivity index (χ4n) is 5.04. The molecule has 1 aliphatic heterocycles. The van der Waals surface area contributed by atoms with Crippen LogP contribution in [0, 0.1) is 5.92 Å². The number of amidine groups is 2. The molecule has 0 radical (unpaired) electrons. The zero-order chi connectivity index (χ0) is 31.1. The Hall–Kier alpha value is -3.16. The molecule has 0 unspecified atom stereocenters. The number of nitrogens with one attached hydrogen (secondary N) is 1. The fourth-order valence-corrected chi connectivity index (χ4v) is 5.04. The quantitative estimate of drug-likeness (QED) is 0.187. The van der Waals surface area contributed by atoms with E-state index in [-0.39, 0.29) is 37.6 Å². The second kappa shape index (κ2) is 13.9. The molecule has 2 fully saturated rings. The number of hydrogen-bond donors (Lipinski definition) is 2. The number of carbonyl (C=O) groups excluding carboxylic acids is 2. The molecule has 1 amide bonds. The summed E-state index contributed by atoms with van der Waals surface area (Å²) in [6, 6.07) is 1.66. The SMILES string of the molecule is CC(C)(C)OC(=O)C[C@H](CCN1CCCC(F)(F)C1)NC(=O)C(N)=NC(=Nc1cccnc1C(F)(F)F)C1CCCC1. The molecule has 1 aromatic heterocycles. The number of nitrogens with zero attached hydrogens (tertiary/aromatic N) is 4. The summed E-state index contributed by atoms with van der Waals surface area (Å²) in [4.78, 5) is 38.9. The Kier molecular flexibility index (Phi) is 11.0. The molecule has 234 valence electrons. The lowest BCUT2D eigenvalue weighted by Crippen LogP contribution is -2.47. The smallest absolute Gasteiger partial charge is 0.435 e. The van der Waals surface area contributed by atoms with Gasteiger partial charge in [0.25, 0.3) is 11.8 Å². The Bertz CT molecular complexity index is 1160. The molecule has 1 saturated heterocycles. The zero-order valence-electron chi connectivity index (χ0n) is 24.1. The summed E-state index contributed by atoms with van der Waals surface area (Å²) >= 11 is 0. The van der Waals surface area contributed by atoms with E-state index in [2.05, 4.69) is 20.3 Å². The Labute approximate surface area is 242 Å². The van der Waals surface area contributed by atoms with Crippen LogP contribution < -0.4 is 11.1 Å². The first-order chi connectivity index (χ1) is 19.5. The van der Waals surface area contributed by atoms with Crippen LogP contribution in [0.3, 0.4) is 0 Å². The predicted molar refractivity (Wildman–Crippen MR) is 148 cm³/mol. The number of ether oxygens (including phenoxy) is 1. The zero-order valence-corrected chi connectivity index (χ0v) is 24.1. The summed E-state index contributed by atoms with van der Waals surface area (Å²) < 4.78 is 73.7. The Balaban J connectivity index is 1.81. The van der Waals surface area contributed by atoms with Gasteiger partial charge in [-0.05, 0) is 65.1 Å². The third-order valence-corrected chi connectivity index (χ3v) is 6.91. The third kappa shape index (κ3) is 10.6. The molecule has 3 N–H and O–H groups in total. The van der Waals surface area contributed by atoms with Gasteiger partial charge in [-0.3, -0.25) is 14.5 Å². The molecule has 1 saturated carbocycles. The number of pyridine rings is 1. The number of rotatable bonds is 8. The largest absolute Gasteiger partial charge is 0.460 e. The molecule has 3 rings (SSSR count). The van der Waals surface area contributed by atoms with Crippen LogP contribution in [0.5, 0.6) is 0 Å². The van der Waals surface area contributed by atoms with E-state index in [9.17, 15) is 31.5 Å². The summed E-state index contributed by atoms with van der Waals surface area (Å²) in [7, 11) is 0. The number of likely N-dealkylation sites (tertiary alicyclic amines) is 1. The first kappa shape index (κ1) is 33.3. The molecule has 42 heavy (non-hydrogen) atoms. The molecular weight excluding hydrogens is 563 g/mol. The van der Waals surface area contributed by atoms with Crippen molar-refractivity contribution in [1.29, 1.82) is 0 Å². The second-order valence-electron chi connectivity index (χ2n) is 11.8. The van der Waals surface area contributed by atoms with E-state index in [1.165, 1.54) is 6.07 Å². The highest BCUT2D eigenvalue weighted by molar-refractivity contribution is 6.39. The fraction of sp³-hybridized carbons (Fsp3) is 0.679. The number of esters is 1. The van der Waals surface area contributed by atoms with Gasteiger partial charge in [0, 0.05) is 31.1 Å². The molecule has 1 aliphatic carbocycles. The van der Waals surface area contributed by atoms with Gasteiger partial charge >= 0.3 is 12.1 Å². The number of aliphatic imine (C=N–C) groups is 2. The van der Waals surface area contributed by atoms with E-state index in [4.69, 9.17) is 10.5 Å². The van der Waals surface area contributed by atoms with Crippen LogP contribution in [0.1, 0.15) is 77.8 Å². The number of halogens is 5. The topological polar surface area (TPSA) is 122 Å². The predicted octanol–water partition coefficient (Wildman–Crippen LogP) is 5.02. The molecule has 1 aromatic rings. The van der Waals surface area contributed by atoms with E-state index < -0.39 is 59.4 Å². The minimum absolute atomic E-state index is 0.0158. The van der Waals surface area contributed by atoms with Crippen molar-refractivity contribution in [3.05, 3.63) is 24.0 Å². The summed E-state index contributed by atoms with van der Waals surface area (Å²) in [6.07, 6.45) is -0.831. The van der Waals surface area contributed by atoms with Gasteiger partial charge in [-0.25, -0.2) is 23.7 Å². The molecule has 9 nitrogen and oxygen atoms in total. The van der Waals surface area contributed by atoms with Crippen molar-refractivity contribution in [3.63, 3.8) is 0 Å². The van der Waals surface area contributed by atoms with Gasteiger partial charge < -0.3 is 15.8 Å². The van der Waals surface area contributed by atoms with E-state index in [0.717, 1.165) is 25.1 Å². The summed E-state index contributed by atoms with van der Waals surface area (Å²) in [5, 5.41) is 2.63. The number of aromatic nitrogens is 1. The maximum atomic E-state index is 13.9. The molecule has 2 aliphatic rings. The van der Waals surface area contributed by atoms with Crippen molar-refractivity contribution in [2.24, 2.45) is 21.6 Å². The molecule has 1 atom stereocenters. The van der Waals surface area contributed by atoms with E-state index in [1.54, 1.807) is 25.7 Å². The molecule has 0 spiro atoms. The molecular formula is C28H39F5N6O3. The third-order valence-electron chi connectivity index (χ3n) is 6.91. The first-order valence-electron chi connectivity index (χ1n) is 14.1. The average Bonchev–Trinajstić information content (AvgIpc) is 3.40. The minimum atomic E-state index is -4.75. The molecule has 0 aromatic carbocycles. The van der Waals surface area contributed by atoms with Gasteiger partial charge in [-0.15, -0.1) is 0 Å². The lowest BCUT2D eigenvalue weighted by molar-refractivity contribution is -0.155. The lowest BCUT2D eigenvalue weighted by Gasteiger charge is -2.33. The highest BCUT2D eigenvalue weighted by atomic mass is 19.4. The summed E-state index contributed by atoms with van der Waals surface area (Å²) in [5.74, 6) is -5.14. The van der Waals surface area contributed by atoms with Crippen molar-refractivity contribution < 1.29 is 36.3 Å². The number of piperidine rings is 1. The standard InChI is InChI=1S/C28H39F5N6O3/c1-26(2,3)42-21(40)16-19(11-15-39-14-7-12-27(29,30)17-39)36-25(41)23(34)38-24(18-8-4-5-9-18)37-20-10-6-13-35-22(20)28(31,32)33/h6,10,13,18-19H,4-5,7-9,11-12,14-17H2,1-3H3,(H,36,41)(H2,34,37,38)/t19-/m0/s1. The average molecular weight is 603 g/mol. The van der Waals surface area contributed by atoms with Crippen LogP contribution in [0.15, 0.2) is 28.3 Å². The van der Waals surface area contributed by atoms with Crippen LogP contribution in [-0.4, -0.2) is 70.6 Å². The summed E-state index contributed by atoms with van der Waals surface area (Å²) in [6.45, 7) is 5.30. The van der Waals surface area contributed by atoms with Gasteiger partial charge in [-0.1, -0.05) is 12.8 Å². The molecule has 0 bridgehead atoms. The van der Waals surface area contributed by atoms with Gasteiger partial charge in [0.15, 0.2) is 11.5 Å². The molecule has 2 heterocycles. The van der Waals surface area contributed by atoms with E-state index in [1.807, 2.05) is 0 Å². The lowest BCUT2D eigenvalue weighted by atomic mass is 10.0. The van der Waals surface area contributed by atoms with Crippen molar-refractivity contribution >= 4 is 29.2 Å². The van der Waals surface area contributed by atoms with Gasteiger partial charge in [0.1, 0.15) is 11.4 Å². The van der Waals surface area contributed by atoms with Crippen molar-refractivity contribution in [2.75, 3.05) is 19.6 Å². The number of carbonyl (C=O) groups is 2. The number of amides is 1. The minimum Gasteiger partial charge on any atom is -0.460 e. The Morgan fingerprint density at radius 2 is 1.90 bits per heavy atom. The van der Waals surface area contributed by atoms with E-state index in [0.29, 0.717) is 25.8 Å². The first-order valence-corrected chi connectivity index (χ1v) is 14.1. The number of nitrogens with two attached hydrogens (primary N) is 1. The maximum absolute atomic E-state index is 13.9. The second-order valence-corrected chi connectivity index (χ2v) is 11.8. The van der Waals surface area contributed by atoms with E-state index >= 15 is 0 Å². The van der Waals surface area contributed by atoms with Gasteiger partial charge in [-0.2, -0.15) is 13.2 Å².